The van der Waals surface area contributed by atoms with Crippen molar-refractivity contribution >= 4 is 42.4 Å². The van der Waals surface area contributed by atoms with Crippen LogP contribution in [-0.4, -0.2) is 0 Å². The molecule has 1 nitrogen and oxygen atoms in total. The number of nitrogen functional groups attached to an aromatic ring is 1. The van der Waals surface area contributed by atoms with Gasteiger partial charge < -0.3 is 5.73 Å². The molecule has 0 aliphatic carbocycles. The average molecular weight is 278 g/mol. The van der Waals surface area contributed by atoms with E-state index in [2.05, 4.69) is 15.9 Å². The monoisotopic (exact) mass is 277 g/mol. The Bertz CT molecular complexity index is 481. The molecule has 0 spiro atoms. The maximum absolute atomic E-state index is 12.6. The van der Waals surface area contributed by atoms with E-state index in [0.717, 1.165) is 5.39 Å². The van der Waals surface area contributed by atoms with E-state index in [-0.39, 0.29) is 5.56 Å². The fourth-order valence-corrected chi connectivity index (χ4v) is 2.74. The van der Waals surface area contributed by atoms with Gasteiger partial charge in [-0.1, -0.05) is 15.9 Å². The Morgan fingerprint density at radius 1 is 1.29 bits per heavy atom. The normalized spacial score (nSPS) is 11.4. The lowest BCUT2D eigenvalue weighted by Crippen LogP contribution is -1.83. The second-order valence-corrected chi connectivity index (χ2v) is 4.86. The predicted octanol–water partition coefficient (Wildman–Crippen LogP) is 4.18. The molecule has 0 saturated heterocycles. The van der Waals surface area contributed by atoms with E-state index in [1.165, 1.54) is 17.4 Å². The van der Waals surface area contributed by atoms with Gasteiger partial charge >= 0.3 is 0 Å². The molecule has 2 rings (SSSR count). The van der Waals surface area contributed by atoms with Crippen LogP contribution in [0.15, 0.2) is 22.7 Å². The van der Waals surface area contributed by atoms with Crippen LogP contribution in [0.25, 0.3) is 10.1 Å². The molecule has 2 N–H and O–H groups in total. The second kappa shape index (κ2) is 3.47. The molecule has 0 unspecified atom stereocenters. The first-order valence-electron chi connectivity index (χ1n) is 3.84. The first-order chi connectivity index (χ1) is 6.58. The number of thiophene rings is 1. The van der Waals surface area contributed by atoms with E-state index in [1.54, 1.807) is 12.1 Å². The SMILES string of the molecule is Nc1cc2cc(Br)cc(C(F)F)c2s1. The Labute approximate surface area is 91.7 Å². The van der Waals surface area contributed by atoms with Crippen LogP contribution in [0.5, 0.6) is 0 Å². The molecule has 1 aromatic carbocycles. The number of nitrogens with two attached hydrogens (primary N) is 1. The number of benzene rings is 1. The fourth-order valence-electron chi connectivity index (χ4n) is 1.32. The van der Waals surface area contributed by atoms with Gasteiger partial charge in [0, 0.05) is 14.7 Å². The molecular formula is C9H6BrF2NS. The summed E-state index contributed by atoms with van der Waals surface area (Å²) < 4.78 is 26.5. The zero-order chi connectivity index (χ0) is 10.3. The lowest BCUT2D eigenvalue weighted by atomic mass is 10.2. The minimum atomic E-state index is -2.46. The first kappa shape index (κ1) is 9.86. The molecule has 2 aromatic rings. The number of alkyl halides is 2. The summed E-state index contributed by atoms with van der Waals surface area (Å²) in [4.78, 5) is 0. The second-order valence-electron chi connectivity index (χ2n) is 2.86. The molecule has 0 saturated carbocycles. The van der Waals surface area contributed by atoms with Gasteiger partial charge in [0.15, 0.2) is 0 Å². The van der Waals surface area contributed by atoms with Crippen molar-refractivity contribution < 1.29 is 8.78 Å². The minimum absolute atomic E-state index is 0.0380. The van der Waals surface area contributed by atoms with Crippen molar-refractivity contribution in [3.8, 4) is 0 Å². The first-order valence-corrected chi connectivity index (χ1v) is 5.45. The molecule has 0 radical (unpaired) electrons. The number of halogens is 3. The van der Waals surface area contributed by atoms with Crippen molar-refractivity contribution in [3.05, 3.63) is 28.2 Å². The van der Waals surface area contributed by atoms with Crippen molar-refractivity contribution in [1.29, 1.82) is 0 Å². The van der Waals surface area contributed by atoms with Crippen LogP contribution in [0.1, 0.15) is 12.0 Å². The molecule has 74 valence electrons. The maximum Gasteiger partial charge on any atom is 0.265 e. The van der Waals surface area contributed by atoms with Crippen LogP contribution in [0.3, 0.4) is 0 Å². The van der Waals surface area contributed by atoms with E-state index >= 15 is 0 Å². The van der Waals surface area contributed by atoms with E-state index < -0.39 is 6.43 Å². The zero-order valence-electron chi connectivity index (χ0n) is 6.93. The highest BCUT2D eigenvalue weighted by atomic mass is 79.9. The molecule has 0 amide bonds. The van der Waals surface area contributed by atoms with Crippen molar-refractivity contribution in [3.63, 3.8) is 0 Å². The van der Waals surface area contributed by atoms with E-state index in [1.807, 2.05) is 0 Å². The Kier molecular flexibility index (Phi) is 2.45. The van der Waals surface area contributed by atoms with Gasteiger partial charge in [-0.25, -0.2) is 8.78 Å². The Balaban J connectivity index is 2.79. The van der Waals surface area contributed by atoms with Gasteiger partial charge in [-0.15, -0.1) is 11.3 Å². The van der Waals surface area contributed by atoms with Crippen LogP contribution < -0.4 is 5.73 Å². The summed E-state index contributed by atoms with van der Waals surface area (Å²) in [5.41, 5.74) is 5.61. The van der Waals surface area contributed by atoms with Gasteiger partial charge in [-0.05, 0) is 23.6 Å². The molecule has 1 aromatic heterocycles. The molecule has 0 atom stereocenters. The van der Waals surface area contributed by atoms with Gasteiger partial charge in [-0.3, -0.25) is 0 Å². The van der Waals surface area contributed by atoms with Gasteiger partial charge in [0.1, 0.15) is 0 Å². The summed E-state index contributed by atoms with van der Waals surface area (Å²) in [6.07, 6.45) is -2.46. The highest BCUT2D eigenvalue weighted by Gasteiger charge is 2.14. The van der Waals surface area contributed by atoms with Gasteiger partial charge in [0.05, 0.1) is 5.00 Å². The van der Waals surface area contributed by atoms with E-state index in [4.69, 9.17) is 5.73 Å². The highest BCUT2D eigenvalue weighted by Crippen LogP contribution is 2.37. The highest BCUT2D eigenvalue weighted by molar-refractivity contribution is 9.10. The third kappa shape index (κ3) is 1.62. The molecule has 0 bridgehead atoms. The molecule has 5 heteroatoms. The summed E-state index contributed by atoms with van der Waals surface area (Å²) in [5.74, 6) is 0. The summed E-state index contributed by atoms with van der Waals surface area (Å²) in [5, 5.41) is 1.32. The summed E-state index contributed by atoms with van der Waals surface area (Å²) in [6, 6.07) is 4.92. The van der Waals surface area contributed by atoms with Crippen LogP contribution >= 0.6 is 27.3 Å². The molecule has 14 heavy (non-hydrogen) atoms. The third-order valence-electron chi connectivity index (χ3n) is 1.86. The molecule has 0 aliphatic heterocycles. The minimum Gasteiger partial charge on any atom is -0.391 e. The number of hydrogen-bond donors (Lipinski definition) is 1. The zero-order valence-corrected chi connectivity index (χ0v) is 9.33. The fraction of sp³-hybridized carbons (Fsp3) is 0.111. The molecular weight excluding hydrogens is 272 g/mol. The Hall–Kier alpha value is -0.680. The van der Waals surface area contributed by atoms with Crippen LogP contribution in [0.2, 0.25) is 0 Å². The van der Waals surface area contributed by atoms with Gasteiger partial charge in [0.25, 0.3) is 6.43 Å². The van der Waals surface area contributed by atoms with Crippen molar-refractivity contribution in [2.75, 3.05) is 5.73 Å². The number of hydrogen-bond acceptors (Lipinski definition) is 2. The quantitative estimate of drug-likeness (QED) is 0.831. The third-order valence-corrected chi connectivity index (χ3v) is 3.35. The largest absolute Gasteiger partial charge is 0.391 e. The number of fused-ring (bicyclic) bond motifs is 1. The molecule has 1 heterocycles. The Morgan fingerprint density at radius 3 is 2.64 bits per heavy atom. The van der Waals surface area contributed by atoms with Crippen molar-refractivity contribution in [2.24, 2.45) is 0 Å². The number of rotatable bonds is 1. The van der Waals surface area contributed by atoms with Crippen LogP contribution in [0, 0.1) is 0 Å². The average Bonchev–Trinajstić information content (AvgIpc) is 2.42. The van der Waals surface area contributed by atoms with E-state index in [9.17, 15) is 8.78 Å². The standard InChI is InChI=1S/C9H6BrF2NS/c10-5-1-4-2-7(13)14-8(4)6(3-5)9(11)12/h1-3,9H,13H2. The van der Waals surface area contributed by atoms with Crippen LogP contribution in [0.4, 0.5) is 13.8 Å². The van der Waals surface area contributed by atoms with Crippen molar-refractivity contribution in [1.82, 2.24) is 0 Å². The maximum atomic E-state index is 12.6. The summed E-state index contributed by atoms with van der Waals surface area (Å²) in [6.45, 7) is 0. The lowest BCUT2D eigenvalue weighted by molar-refractivity contribution is 0.153. The Morgan fingerprint density at radius 2 is 2.00 bits per heavy atom. The number of anilines is 1. The smallest absolute Gasteiger partial charge is 0.265 e. The lowest BCUT2D eigenvalue weighted by Gasteiger charge is -2.01. The summed E-state index contributed by atoms with van der Waals surface area (Å²) >= 11 is 4.38. The van der Waals surface area contributed by atoms with Gasteiger partial charge in [-0.2, -0.15) is 0 Å². The van der Waals surface area contributed by atoms with Crippen molar-refractivity contribution in [2.45, 2.75) is 6.43 Å². The molecule has 0 aliphatic rings. The predicted molar refractivity (Wildman–Crippen MR) is 58.9 cm³/mol. The summed E-state index contributed by atoms with van der Waals surface area (Å²) in [7, 11) is 0. The van der Waals surface area contributed by atoms with Gasteiger partial charge in [0.2, 0.25) is 0 Å². The van der Waals surface area contributed by atoms with E-state index in [0.29, 0.717) is 14.2 Å². The molecule has 0 fully saturated rings. The topological polar surface area (TPSA) is 26.0 Å². The van der Waals surface area contributed by atoms with Crippen LogP contribution in [-0.2, 0) is 0 Å².